The van der Waals surface area contributed by atoms with Crippen LogP contribution < -0.4 is 5.32 Å². The number of allylic oxidation sites excluding steroid dienone is 2. The van der Waals surface area contributed by atoms with E-state index in [4.69, 9.17) is 4.74 Å². The smallest absolute Gasteiger partial charge is 0.306 e. The van der Waals surface area contributed by atoms with Crippen LogP contribution >= 0.6 is 0 Å². The van der Waals surface area contributed by atoms with E-state index in [1.54, 1.807) is 0 Å². The van der Waals surface area contributed by atoms with E-state index in [1.807, 2.05) is 0 Å². The lowest BCUT2D eigenvalue weighted by molar-refractivity contribution is -0.151. The summed E-state index contributed by atoms with van der Waals surface area (Å²) in [5.41, 5.74) is 0. The predicted octanol–water partition coefficient (Wildman–Crippen LogP) is 11.4. The average molecular weight is 680 g/mol. The van der Waals surface area contributed by atoms with Crippen molar-refractivity contribution in [3.63, 3.8) is 0 Å². The van der Waals surface area contributed by atoms with Crippen LogP contribution in [0.2, 0.25) is 0 Å². The number of aliphatic hydroxyl groups excluding tert-OH is 2. The number of ether oxygens (including phenoxy) is 1. The van der Waals surface area contributed by atoms with E-state index in [1.165, 1.54) is 103 Å². The van der Waals surface area contributed by atoms with Gasteiger partial charge in [-0.2, -0.15) is 0 Å². The topological polar surface area (TPSA) is 95.9 Å². The number of nitrogens with one attached hydrogen (secondary N) is 1. The van der Waals surface area contributed by atoms with Crippen LogP contribution in [0, 0.1) is 0 Å². The molecule has 284 valence electrons. The highest BCUT2D eigenvalue weighted by molar-refractivity contribution is 5.77. The molecule has 0 spiro atoms. The van der Waals surface area contributed by atoms with Crippen molar-refractivity contribution in [2.75, 3.05) is 6.61 Å². The Morgan fingerprint density at radius 3 is 1.56 bits per heavy atom. The maximum atomic E-state index is 13.0. The Hall–Kier alpha value is -1.40. The van der Waals surface area contributed by atoms with Gasteiger partial charge in [-0.3, -0.25) is 9.59 Å². The first kappa shape index (κ1) is 46.6. The van der Waals surface area contributed by atoms with E-state index >= 15 is 0 Å². The van der Waals surface area contributed by atoms with Gasteiger partial charge in [0.05, 0.1) is 25.2 Å². The third-order valence-electron chi connectivity index (χ3n) is 9.58. The Kier molecular flexibility index (Phi) is 35.8. The highest BCUT2D eigenvalue weighted by Gasteiger charge is 2.24. The number of rotatable bonds is 37. The molecule has 1 amide bonds. The molecule has 3 N–H and O–H groups in total. The van der Waals surface area contributed by atoms with Crippen molar-refractivity contribution in [3.05, 3.63) is 12.2 Å². The van der Waals surface area contributed by atoms with Crippen molar-refractivity contribution in [1.82, 2.24) is 5.32 Å². The molecule has 0 bridgehead atoms. The van der Waals surface area contributed by atoms with E-state index in [9.17, 15) is 19.8 Å². The van der Waals surface area contributed by atoms with Gasteiger partial charge in [0.2, 0.25) is 5.91 Å². The maximum Gasteiger partial charge on any atom is 0.306 e. The third kappa shape index (κ3) is 31.8. The van der Waals surface area contributed by atoms with Gasteiger partial charge in [-0.25, -0.2) is 0 Å². The second-order valence-corrected chi connectivity index (χ2v) is 14.4. The quantitative estimate of drug-likeness (QED) is 0.0345. The summed E-state index contributed by atoms with van der Waals surface area (Å²) in [5, 5.41) is 23.5. The van der Waals surface area contributed by atoms with Crippen molar-refractivity contribution < 1.29 is 24.5 Å². The van der Waals surface area contributed by atoms with Gasteiger partial charge in [0.15, 0.2) is 0 Å². The number of carbonyl (C=O) groups excluding carboxylic acids is 2. The Bertz CT molecular complexity index is 727. The summed E-state index contributed by atoms with van der Waals surface area (Å²) < 4.78 is 5.84. The molecule has 0 fully saturated rings. The van der Waals surface area contributed by atoms with Crippen LogP contribution in [0.15, 0.2) is 12.2 Å². The summed E-state index contributed by atoms with van der Waals surface area (Å²) >= 11 is 0. The molecule has 48 heavy (non-hydrogen) atoms. The number of hydrogen-bond acceptors (Lipinski definition) is 5. The van der Waals surface area contributed by atoms with Crippen molar-refractivity contribution in [2.24, 2.45) is 0 Å². The Morgan fingerprint density at radius 1 is 0.583 bits per heavy atom. The molecule has 3 unspecified atom stereocenters. The molecule has 0 aliphatic carbocycles. The minimum Gasteiger partial charge on any atom is -0.462 e. The summed E-state index contributed by atoms with van der Waals surface area (Å²) in [6.07, 6.45) is 37.1. The van der Waals surface area contributed by atoms with Crippen LogP contribution in [0.3, 0.4) is 0 Å². The fourth-order valence-electron chi connectivity index (χ4n) is 6.37. The molecule has 0 aromatic carbocycles. The Morgan fingerprint density at radius 2 is 1.04 bits per heavy atom. The zero-order valence-electron chi connectivity index (χ0n) is 32.1. The maximum absolute atomic E-state index is 13.0. The van der Waals surface area contributed by atoms with Gasteiger partial charge in [-0.05, 0) is 44.9 Å². The number of aliphatic hydroxyl groups is 2. The van der Waals surface area contributed by atoms with E-state index in [2.05, 4.69) is 38.2 Å². The highest BCUT2D eigenvalue weighted by Crippen LogP contribution is 2.17. The summed E-state index contributed by atoms with van der Waals surface area (Å²) in [4.78, 5) is 25.7. The van der Waals surface area contributed by atoms with Gasteiger partial charge in [0, 0.05) is 6.42 Å². The van der Waals surface area contributed by atoms with E-state index in [0.717, 1.165) is 70.6 Å². The molecule has 0 radical (unpaired) electrons. The van der Waals surface area contributed by atoms with E-state index < -0.39 is 18.2 Å². The lowest BCUT2D eigenvalue weighted by Crippen LogP contribution is -2.46. The Labute approximate surface area is 298 Å². The summed E-state index contributed by atoms with van der Waals surface area (Å²) in [7, 11) is 0. The molecule has 0 aromatic rings. The van der Waals surface area contributed by atoms with Gasteiger partial charge in [0.25, 0.3) is 0 Å². The monoisotopic (exact) mass is 680 g/mol. The molecule has 0 heterocycles. The molecular weight excluding hydrogens is 598 g/mol. The minimum atomic E-state index is -0.782. The highest BCUT2D eigenvalue weighted by atomic mass is 16.5. The van der Waals surface area contributed by atoms with Crippen molar-refractivity contribution >= 4 is 11.9 Å². The molecule has 0 saturated carbocycles. The minimum absolute atomic E-state index is 0.0712. The third-order valence-corrected chi connectivity index (χ3v) is 9.58. The normalized spacial score (nSPS) is 13.5. The molecule has 6 nitrogen and oxygen atoms in total. The second kappa shape index (κ2) is 36.9. The van der Waals surface area contributed by atoms with Crippen LogP contribution in [0.25, 0.3) is 0 Å². The fourth-order valence-corrected chi connectivity index (χ4v) is 6.37. The fraction of sp³-hybridized carbons (Fsp3) is 0.905. The first-order chi connectivity index (χ1) is 23.5. The standard InChI is InChI=1S/C42H81NO5/c1-4-7-10-13-16-19-20-21-23-25-28-31-34-40(45)39(37-44)43-41(46)36-38(33-30-27-24-18-15-12-9-6-3)48-42(47)35-32-29-26-22-17-14-11-8-5-2/h12,15,38-40,44-45H,4-11,13-14,16-37H2,1-3H3,(H,43,46)/b15-12-. The summed E-state index contributed by atoms with van der Waals surface area (Å²) in [6, 6.07) is -0.696. The van der Waals surface area contributed by atoms with Crippen LogP contribution in [0.5, 0.6) is 0 Å². The molecule has 0 aliphatic heterocycles. The molecule has 0 aliphatic rings. The summed E-state index contributed by atoms with van der Waals surface area (Å²) in [6.45, 7) is 6.37. The zero-order chi connectivity index (χ0) is 35.3. The first-order valence-electron chi connectivity index (χ1n) is 20.9. The number of amides is 1. The van der Waals surface area contributed by atoms with Gasteiger partial charge in [0.1, 0.15) is 6.10 Å². The van der Waals surface area contributed by atoms with E-state index in [-0.39, 0.29) is 24.9 Å². The molecule has 0 saturated heterocycles. The predicted molar refractivity (Wildman–Crippen MR) is 204 cm³/mol. The number of carbonyl (C=O) groups is 2. The molecule has 3 atom stereocenters. The largest absolute Gasteiger partial charge is 0.462 e. The average Bonchev–Trinajstić information content (AvgIpc) is 3.07. The van der Waals surface area contributed by atoms with Gasteiger partial charge < -0.3 is 20.3 Å². The number of esters is 1. The lowest BCUT2D eigenvalue weighted by atomic mass is 10.0. The second-order valence-electron chi connectivity index (χ2n) is 14.4. The number of hydrogen-bond donors (Lipinski definition) is 3. The SMILES string of the molecule is CCC/C=C\CCCCCC(CC(=O)NC(CO)C(O)CCCCCCCCCCCCCC)OC(=O)CCCCCCCCCCC. The Balaban J connectivity index is 4.50. The molecule has 0 rings (SSSR count). The van der Waals surface area contributed by atoms with Crippen molar-refractivity contribution in [1.29, 1.82) is 0 Å². The van der Waals surface area contributed by atoms with Crippen LogP contribution in [0.1, 0.15) is 220 Å². The summed E-state index contributed by atoms with van der Waals surface area (Å²) in [5.74, 6) is -0.491. The lowest BCUT2D eigenvalue weighted by Gasteiger charge is -2.24. The van der Waals surface area contributed by atoms with Crippen molar-refractivity contribution in [3.8, 4) is 0 Å². The first-order valence-corrected chi connectivity index (χ1v) is 20.9. The van der Waals surface area contributed by atoms with E-state index in [0.29, 0.717) is 19.3 Å². The van der Waals surface area contributed by atoms with Crippen molar-refractivity contribution in [2.45, 2.75) is 238 Å². The van der Waals surface area contributed by atoms with Crippen LogP contribution in [0.4, 0.5) is 0 Å². The molecular formula is C42H81NO5. The molecule has 0 aromatic heterocycles. The van der Waals surface area contributed by atoms with Gasteiger partial charge in [-0.1, -0.05) is 174 Å². The van der Waals surface area contributed by atoms with Crippen LogP contribution in [-0.2, 0) is 14.3 Å². The van der Waals surface area contributed by atoms with Gasteiger partial charge >= 0.3 is 5.97 Å². The van der Waals surface area contributed by atoms with Crippen LogP contribution in [-0.4, -0.2) is 46.9 Å². The molecule has 6 heteroatoms. The zero-order valence-corrected chi connectivity index (χ0v) is 32.1. The number of unbranched alkanes of at least 4 members (excludes halogenated alkanes) is 23. The van der Waals surface area contributed by atoms with Gasteiger partial charge in [-0.15, -0.1) is 0 Å².